The maximum atomic E-state index is 11.9. The summed E-state index contributed by atoms with van der Waals surface area (Å²) >= 11 is 5.28. The summed E-state index contributed by atoms with van der Waals surface area (Å²) < 4.78 is 0. The molecule has 0 radical (unpaired) electrons. The molecular formula is C19H27N3OS. The first kappa shape index (κ1) is 18.5. The topological polar surface area (TPSA) is 53.2 Å². The number of rotatable bonds is 3. The van der Waals surface area contributed by atoms with Gasteiger partial charge in [-0.1, -0.05) is 56.5 Å². The highest BCUT2D eigenvalue weighted by Crippen LogP contribution is 2.29. The minimum Gasteiger partial charge on any atom is -0.358 e. The molecule has 0 saturated heterocycles. The van der Waals surface area contributed by atoms with E-state index in [1.54, 1.807) is 6.08 Å². The van der Waals surface area contributed by atoms with E-state index in [1.165, 1.54) is 18.9 Å². The lowest BCUT2D eigenvalue weighted by atomic mass is 9.78. The number of carbonyl (C=O) groups excluding carboxylic acids is 1. The summed E-state index contributed by atoms with van der Waals surface area (Å²) in [6.07, 6.45) is 6.90. The maximum Gasteiger partial charge on any atom is 0.262 e. The van der Waals surface area contributed by atoms with Crippen LogP contribution in [-0.4, -0.2) is 17.1 Å². The highest BCUT2D eigenvalue weighted by atomic mass is 32.1. The molecule has 130 valence electrons. The fraction of sp³-hybridized carbons (Fsp3) is 0.474. The monoisotopic (exact) mass is 345 g/mol. The summed E-state index contributed by atoms with van der Waals surface area (Å²) in [5.74, 6) is 1.05. The number of amides is 1. The van der Waals surface area contributed by atoms with Crippen LogP contribution in [-0.2, 0) is 4.79 Å². The Bertz CT molecular complexity index is 614. The number of carbonyl (C=O) groups is 1. The normalized spacial score (nSPS) is 23.7. The third-order valence-electron chi connectivity index (χ3n) is 4.79. The molecule has 0 unspecified atom stereocenters. The zero-order chi connectivity index (χ0) is 17.5. The molecule has 1 fully saturated rings. The molecule has 2 rings (SSSR count). The van der Waals surface area contributed by atoms with Crippen LogP contribution in [0.1, 0.15) is 44.2 Å². The van der Waals surface area contributed by atoms with Crippen molar-refractivity contribution in [3.05, 3.63) is 41.5 Å². The number of hydrogen-bond donors (Lipinski definition) is 3. The SMILES string of the molecule is Cc1cccc(/C=C/C(=O)NNC(=S)N[C@H]2CCC[C@@H](C)[C@@H]2C)c1. The van der Waals surface area contributed by atoms with E-state index in [2.05, 4.69) is 30.0 Å². The molecule has 1 saturated carbocycles. The summed E-state index contributed by atoms with van der Waals surface area (Å²) in [5.41, 5.74) is 7.55. The molecule has 1 aliphatic rings. The van der Waals surface area contributed by atoms with Crippen molar-refractivity contribution in [2.24, 2.45) is 11.8 Å². The van der Waals surface area contributed by atoms with Crippen LogP contribution in [0.3, 0.4) is 0 Å². The Hall–Kier alpha value is -1.88. The minimum absolute atomic E-state index is 0.231. The van der Waals surface area contributed by atoms with Gasteiger partial charge in [-0.3, -0.25) is 15.6 Å². The van der Waals surface area contributed by atoms with Gasteiger partial charge in [0, 0.05) is 12.1 Å². The molecule has 0 spiro atoms. The first-order valence-electron chi connectivity index (χ1n) is 8.57. The largest absolute Gasteiger partial charge is 0.358 e. The van der Waals surface area contributed by atoms with Crippen LogP contribution < -0.4 is 16.2 Å². The summed E-state index contributed by atoms with van der Waals surface area (Å²) in [7, 11) is 0. The summed E-state index contributed by atoms with van der Waals surface area (Å²) in [6, 6.07) is 8.34. The number of benzene rings is 1. The lowest BCUT2D eigenvalue weighted by Gasteiger charge is -2.35. The molecular weight excluding hydrogens is 318 g/mol. The molecule has 0 bridgehead atoms. The van der Waals surface area contributed by atoms with Gasteiger partial charge in [0.25, 0.3) is 5.91 Å². The third kappa shape index (κ3) is 5.64. The fourth-order valence-corrected chi connectivity index (χ4v) is 3.30. The van der Waals surface area contributed by atoms with Gasteiger partial charge < -0.3 is 5.32 Å². The van der Waals surface area contributed by atoms with E-state index in [0.29, 0.717) is 23.0 Å². The minimum atomic E-state index is -0.231. The predicted molar refractivity (Wildman–Crippen MR) is 103 cm³/mol. The predicted octanol–water partition coefficient (Wildman–Crippen LogP) is 3.33. The smallest absolute Gasteiger partial charge is 0.262 e. The van der Waals surface area contributed by atoms with Gasteiger partial charge in [-0.15, -0.1) is 0 Å². The molecule has 0 aromatic heterocycles. The van der Waals surface area contributed by atoms with E-state index >= 15 is 0 Å². The summed E-state index contributed by atoms with van der Waals surface area (Å²) in [5, 5.41) is 3.79. The molecule has 3 atom stereocenters. The molecule has 1 aliphatic carbocycles. The van der Waals surface area contributed by atoms with Gasteiger partial charge >= 0.3 is 0 Å². The van der Waals surface area contributed by atoms with Crippen molar-refractivity contribution in [2.45, 2.75) is 46.1 Å². The Labute approximate surface area is 150 Å². The van der Waals surface area contributed by atoms with Crippen LogP contribution in [0.25, 0.3) is 6.08 Å². The Morgan fingerprint density at radius 2 is 2.04 bits per heavy atom. The molecule has 4 nitrogen and oxygen atoms in total. The summed E-state index contributed by atoms with van der Waals surface area (Å²) in [4.78, 5) is 11.9. The number of hydrazine groups is 1. The van der Waals surface area contributed by atoms with Crippen LogP contribution in [0.15, 0.2) is 30.3 Å². The van der Waals surface area contributed by atoms with E-state index in [1.807, 2.05) is 31.2 Å². The Balaban J connectivity index is 1.76. The van der Waals surface area contributed by atoms with Gasteiger partial charge in [0.2, 0.25) is 0 Å². The maximum absolute atomic E-state index is 11.9. The van der Waals surface area contributed by atoms with Crippen LogP contribution >= 0.6 is 12.2 Å². The van der Waals surface area contributed by atoms with Gasteiger partial charge in [-0.25, -0.2) is 0 Å². The fourth-order valence-electron chi connectivity index (χ4n) is 3.10. The first-order valence-corrected chi connectivity index (χ1v) is 8.98. The van der Waals surface area contributed by atoms with Crippen LogP contribution in [0.5, 0.6) is 0 Å². The second-order valence-electron chi connectivity index (χ2n) is 6.71. The average molecular weight is 346 g/mol. The molecule has 1 aromatic carbocycles. The molecule has 1 aromatic rings. The summed E-state index contributed by atoms with van der Waals surface area (Å²) in [6.45, 7) is 6.57. The molecule has 3 N–H and O–H groups in total. The molecule has 1 amide bonds. The van der Waals surface area contributed by atoms with Gasteiger partial charge in [-0.05, 0) is 49.0 Å². The van der Waals surface area contributed by atoms with E-state index in [-0.39, 0.29) is 5.91 Å². The quantitative estimate of drug-likeness (QED) is 0.447. The highest BCUT2D eigenvalue weighted by molar-refractivity contribution is 7.80. The van der Waals surface area contributed by atoms with E-state index in [4.69, 9.17) is 12.2 Å². The van der Waals surface area contributed by atoms with E-state index in [0.717, 1.165) is 17.5 Å². The Morgan fingerprint density at radius 1 is 1.25 bits per heavy atom. The van der Waals surface area contributed by atoms with E-state index < -0.39 is 0 Å². The van der Waals surface area contributed by atoms with Crippen LogP contribution in [0, 0.1) is 18.8 Å². The van der Waals surface area contributed by atoms with Gasteiger partial charge in [0.1, 0.15) is 0 Å². The van der Waals surface area contributed by atoms with Crippen molar-refractivity contribution in [2.75, 3.05) is 0 Å². The lowest BCUT2D eigenvalue weighted by molar-refractivity contribution is -0.116. The average Bonchev–Trinajstić information content (AvgIpc) is 2.55. The van der Waals surface area contributed by atoms with Crippen molar-refractivity contribution in [3.63, 3.8) is 0 Å². The van der Waals surface area contributed by atoms with Crippen molar-refractivity contribution >= 4 is 29.3 Å². The van der Waals surface area contributed by atoms with Gasteiger partial charge in [0.15, 0.2) is 5.11 Å². The highest BCUT2D eigenvalue weighted by Gasteiger charge is 2.27. The second kappa shape index (κ2) is 8.83. The number of thiocarbonyl (C=S) groups is 1. The van der Waals surface area contributed by atoms with Crippen molar-refractivity contribution in [1.29, 1.82) is 0 Å². The van der Waals surface area contributed by atoms with Crippen molar-refractivity contribution in [1.82, 2.24) is 16.2 Å². The zero-order valence-corrected chi connectivity index (χ0v) is 15.5. The van der Waals surface area contributed by atoms with Crippen molar-refractivity contribution in [3.8, 4) is 0 Å². The lowest BCUT2D eigenvalue weighted by Crippen LogP contribution is -2.52. The Kier molecular flexibility index (Phi) is 6.79. The molecule has 0 aliphatic heterocycles. The third-order valence-corrected chi connectivity index (χ3v) is 5.01. The standard InChI is InChI=1S/C19H27N3OS/c1-13-6-4-8-16(12-13)10-11-18(23)21-22-19(24)20-17-9-5-7-14(2)15(17)3/h4,6,8,10-12,14-15,17H,5,7,9H2,1-3H3,(H,21,23)(H2,20,22,24)/b11-10+/t14-,15+,17+/m1/s1. The number of hydrogen-bond acceptors (Lipinski definition) is 2. The van der Waals surface area contributed by atoms with Gasteiger partial charge in [0.05, 0.1) is 0 Å². The molecule has 5 heteroatoms. The first-order chi connectivity index (χ1) is 11.5. The zero-order valence-electron chi connectivity index (χ0n) is 14.6. The van der Waals surface area contributed by atoms with Crippen molar-refractivity contribution < 1.29 is 4.79 Å². The molecule has 0 heterocycles. The second-order valence-corrected chi connectivity index (χ2v) is 7.12. The molecule has 24 heavy (non-hydrogen) atoms. The van der Waals surface area contributed by atoms with E-state index in [9.17, 15) is 4.79 Å². The van der Waals surface area contributed by atoms with Gasteiger partial charge in [-0.2, -0.15) is 0 Å². The number of aryl methyl sites for hydroxylation is 1. The van der Waals surface area contributed by atoms with Crippen LogP contribution in [0.2, 0.25) is 0 Å². The van der Waals surface area contributed by atoms with Crippen LogP contribution in [0.4, 0.5) is 0 Å². The Morgan fingerprint density at radius 3 is 2.79 bits per heavy atom. The number of nitrogens with one attached hydrogen (secondary N) is 3.